The number of nitrogens with one attached hydrogen (secondary N) is 2. The number of carbonyl (C=O) groups excluding carboxylic acids is 2. The third-order valence-electron chi connectivity index (χ3n) is 5.23. The van der Waals surface area contributed by atoms with Gasteiger partial charge in [0, 0.05) is 22.2 Å². The minimum absolute atomic E-state index is 0.0964. The molecule has 0 heterocycles. The average molecular weight is 439 g/mol. The first-order valence-corrected chi connectivity index (χ1v) is 10.1. The van der Waals surface area contributed by atoms with Crippen LogP contribution in [0.3, 0.4) is 0 Å². The first kappa shape index (κ1) is 20.9. The maximum atomic E-state index is 13.4. The number of halogens is 2. The zero-order valence-electron chi connectivity index (χ0n) is 16.7. The second-order valence-electron chi connectivity index (χ2n) is 7.34. The van der Waals surface area contributed by atoms with E-state index in [1.807, 2.05) is 24.3 Å². The molecule has 3 aromatic rings. The standard InChI is InChI=1S/C24H20ClFN2O3/c1-31-22-10-9-16(12-21(22)28-23(29)14-5-4-6-15(26)11-14)27-24(30)19-13-18(19)17-7-2-3-8-20(17)25/h2-12,18-19H,13H2,1H3,(H,27,30)(H,28,29). The number of hydrogen-bond donors (Lipinski definition) is 2. The molecule has 2 atom stereocenters. The summed E-state index contributed by atoms with van der Waals surface area (Å²) in [4.78, 5) is 25.2. The van der Waals surface area contributed by atoms with Crippen LogP contribution in [0.15, 0.2) is 66.7 Å². The molecule has 1 fully saturated rings. The van der Waals surface area contributed by atoms with Crippen LogP contribution in [0.25, 0.3) is 0 Å². The van der Waals surface area contributed by atoms with E-state index in [1.165, 1.54) is 25.3 Å². The molecule has 0 spiro atoms. The van der Waals surface area contributed by atoms with E-state index in [4.69, 9.17) is 16.3 Å². The first-order valence-electron chi connectivity index (χ1n) is 9.76. The van der Waals surface area contributed by atoms with Crippen molar-refractivity contribution in [2.45, 2.75) is 12.3 Å². The van der Waals surface area contributed by atoms with Gasteiger partial charge >= 0.3 is 0 Å². The number of benzene rings is 3. The maximum absolute atomic E-state index is 13.4. The summed E-state index contributed by atoms with van der Waals surface area (Å²) in [6.45, 7) is 0. The van der Waals surface area contributed by atoms with Gasteiger partial charge in [-0.1, -0.05) is 35.9 Å². The molecule has 1 aliphatic carbocycles. The highest BCUT2D eigenvalue weighted by Crippen LogP contribution is 2.50. The van der Waals surface area contributed by atoms with Crippen LogP contribution in [0, 0.1) is 11.7 Å². The highest BCUT2D eigenvalue weighted by atomic mass is 35.5. The lowest BCUT2D eigenvalue weighted by Crippen LogP contribution is -2.16. The summed E-state index contributed by atoms with van der Waals surface area (Å²) in [5.74, 6) is -0.743. The Hall–Kier alpha value is -3.38. The predicted molar refractivity (Wildman–Crippen MR) is 118 cm³/mol. The third kappa shape index (κ3) is 4.70. The molecule has 0 bridgehead atoms. The minimum atomic E-state index is -0.502. The van der Waals surface area contributed by atoms with Crippen molar-refractivity contribution in [2.75, 3.05) is 17.7 Å². The largest absolute Gasteiger partial charge is 0.495 e. The van der Waals surface area contributed by atoms with Gasteiger partial charge in [0.05, 0.1) is 12.8 Å². The lowest BCUT2D eigenvalue weighted by atomic mass is 10.1. The fraction of sp³-hybridized carbons (Fsp3) is 0.167. The van der Waals surface area contributed by atoms with Crippen LogP contribution < -0.4 is 15.4 Å². The van der Waals surface area contributed by atoms with Crippen molar-refractivity contribution >= 4 is 34.8 Å². The molecule has 1 aliphatic rings. The molecule has 0 saturated heterocycles. The number of methoxy groups -OCH3 is 1. The second-order valence-corrected chi connectivity index (χ2v) is 7.75. The lowest BCUT2D eigenvalue weighted by Gasteiger charge is -2.13. The Morgan fingerprint density at radius 2 is 1.84 bits per heavy atom. The zero-order chi connectivity index (χ0) is 22.0. The van der Waals surface area contributed by atoms with E-state index < -0.39 is 11.7 Å². The quantitative estimate of drug-likeness (QED) is 0.535. The predicted octanol–water partition coefficient (Wildman–Crippen LogP) is 5.48. The van der Waals surface area contributed by atoms with Crippen LogP contribution in [-0.2, 0) is 4.79 Å². The van der Waals surface area contributed by atoms with E-state index in [-0.39, 0.29) is 23.3 Å². The highest BCUT2D eigenvalue weighted by Gasteiger charge is 2.44. The normalized spacial score (nSPS) is 17.0. The average Bonchev–Trinajstić information content (AvgIpc) is 3.55. The van der Waals surface area contributed by atoms with Crippen molar-refractivity contribution in [1.29, 1.82) is 0 Å². The minimum Gasteiger partial charge on any atom is -0.495 e. The Kier molecular flexibility index (Phi) is 5.91. The highest BCUT2D eigenvalue weighted by molar-refractivity contribution is 6.31. The number of amides is 2. The fourth-order valence-electron chi connectivity index (χ4n) is 3.55. The van der Waals surface area contributed by atoms with Gasteiger partial charge in [-0.25, -0.2) is 4.39 Å². The molecular weight excluding hydrogens is 419 g/mol. The topological polar surface area (TPSA) is 67.4 Å². The molecule has 3 aromatic carbocycles. The van der Waals surface area contributed by atoms with E-state index in [0.717, 1.165) is 18.1 Å². The van der Waals surface area contributed by atoms with Gasteiger partial charge in [-0.3, -0.25) is 9.59 Å². The molecule has 0 aromatic heterocycles. The van der Waals surface area contributed by atoms with E-state index in [1.54, 1.807) is 18.2 Å². The maximum Gasteiger partial charge on any atom is 0.255 e. The zero-order valence-corrected chi connectivity index (χ0v) is 17.4. The Labute approximate surface area is 184 Å². The van der Waals surface area contributed by atoms with Gasteiger partial charge in [0.15, 0.2) is 0 Å². The number of ether oxygens (including phenoxy) is 1. The fourth-order valence-corrected chi connectivity index (χ4v) is 3.82. The molecule has 2 N–H and O–H groups in total. The smallest absolute Gasteiger partial charge is 0.255 e. The van der Waals surface area contributed by atoms with Gasteiger partial charge in [0.25, 0.3) is 5.91 Å². The van der Waals surface area contributed by atoms with Gasteiger partial charge in [0.2, 0.25) is 5.91 Å². The molecule has 31 heavy (non-hydrogen) atoms. The van der Waals surface area contributed by atoms with Crippen LogP contribution >= 0.6 is 11.6 Å². The summed E-state index contributed by atoms with van der Waals surface area (Å²) >= 11 is 6.24. The van der Waals surface area contributed by atoms with Crippen molar-refractivity contribution in [1.82, 2.24) is 0 Å². The van der Waals surface area contributed by atoms with E-state index in [9.17, 15) is 14.0 Å². The van der Waals surface area contributed by atoms with Gasteiger partial charge < -0.3 is 15.4 Å². The van der Waals surface area contributed by atoms with Gasteiger partial charge in [0.1, 0.15) is 11.6 Å². The SMILES string of the molecule is COc1ccc(NC(=O)C2CC2c2ccccc2Cl)cc1NC(=O)c1cccc(F)c1. The van der Waals surface area contributed by atoms with E-state index >= 15 is 0 Å². The summed E-state index contributed by atoms with van der Waals surface area (Å²) in [6.07, 6.45) is 0.731. The Morgan fingerprint density at radius 3 is 2.58 bits per heavy atom. The molecule has 0 radical (unpaired) electrons. The second kappa shape index (κ2) is 8.78. The van der Waals surface area contributed by atoms with Crippen molar-refractivity contribution in [3.63, 3.8) is 0 Å². The molecule has 4 rings (SSSR count). The molecule has 0 aliphatic heterocycles. The van der Waals surface area contributed by atoms with Gasteiger partial charge in [-0.2, -0.15) is 0 Å². The summed E-state index contributed by atoms with van der Waals surface area (Å²) in [5, 5.41) is 6.26. The molecular formula is C24H20ClFN2O3. The van der Waals surface area contributed by atoms with Crippen molar-refractivity contribution in [3.05, 3.63) is 88.7 Å². The Bertz CT molecular complexity index is 1150. The summed E-state index contributed by atoms with van der Waals surface area (Å²) in [5.41, 5.74) is 2.04. The van der Waals surface area contributed by atoms with Crippen LogP contribution in [-0.4, -0.2) is 18.9 Å². The van der Waals surface area contributed by atoms with Crippen LogP contribution in [0.1, 0.15) is 28.3 Å². The Balaban J connectivity index is 1.47. The molecule has 158 valence electrons. The van der Waals surface area contributed by atoms with Crippen LogP contribution in [0.2, 0.25) is 5.02 Å². The lowest BCUT2D eigenvalue weighted by molar-refractivity contribution is -0.117. The van der Waals surface area contributed by atoms with Crippen LogP contribution in [0.5, 0.6) is 5.75 Å². The number of anilines is 2. The summed E-state index contributed by atoms with van der Waals surface area (Å²) in [7, 11) is 1.48. The van der Waals surface area contributed by atoms with Crippen molar-refractivity contribution < 1.29 is 18.7 Å². The number of carbonyl (C=O) groups is 2. The third-order valence-corrected chi connectivity index (χ3v) is 5.58. The number of hydrogen-bond acceptors (Lipinski definition) is 3. The van der Waals surface area contributed by atoms with Gasteiger partial charge in [-0.15, -0.1) is 0 Å². The van der Waals surface area contributed by atoms with Gasteiger partial charge in [-0.05, 0) is 60.4 Å². The van der Waals surface area contributed by atoms with E-state index in [2.05, 4.69) is 10.6 Å². The molecule has 2 amide bonds. The summed E-state index contributed by atoms with van der Waals surface area (Å²) in [6, 6.07) is 17.9. The number of rotatable bonds is 6. The Morgan fingerprint density at radius 1 is 1.03 bits per heavy atom. The summed E-state index contributed by atoms with van der Waals surface area (Å²) < 4.78 is 18.7. The first-order chi connectivity index (χ1) is 15.0. The molecule has 7 heteroatoms. The van der Waals surface area contributed by atoms with Crippen molar-refractivity contribution in [3.8, 4) is 5.75 Å². The molecule has 1 saturated carbocycles. The molecule has 5 nitrogen and oxygen atoms in total. The molecule has 2 unspecified atom stereocenters. The van der Waals surface area contributed by atoms with Crippen LogP contribution in [0.4, 0.5) is 15.8 Å². The van der Waals surface area contributed by atoms with E-state index in [0.29, 0.717) is 22.1 Å². The van der Waals surface area contributed by atoms with Crippen molar-refractivity contribution in [2.24, 2.45) is 5.92 Å². The monoisotopic (exact) mass is 438 g/mol.